The van der Waals surface area contributed by atoms with Crippen molar-refractivity contribution in [2.45, 2.75) is 39.8 Å². The van der Waals surface area contributed by atoms with Crippen molar-refractivity contribution in [1.29, 1.82) is 0 Å². The van der Waals surface area contributed by atoms with Crippen molar-refractivity contribution in [3.8, 4) is 0 Å². The molecule has 152 valence electrons. The molecule has 0 spiro atoms. The number of carbonyl (C=O) groups excluding carboxylic acids is 1. The first-order chi connectivity index (χ1) is 12.9. The lowest BCUT2D eigenvalue weighted by Crippen LogP contribution is -2.48. The van der Waals surface area contributed by atoms with Crippen molar-refractivity contribution in [2.24, 2.45) is 0 Å². The van der Waals surface area contributed by atoms with Gasteiger partial charge in [0, 0.05) is 6.07 Å². The van der Waals surface area contributed by atoms with Crippen LogP contribution in [0.25, 0.3) is 0 Å². The van der Waals surface area contributed by atoms with E-state index in [1.54, 1.807) is 6.92 Å². The highest BCUT2D eigenvalue weighted by atomic mass is 32.2. The molecule has 0 unspecified atom stereocenters. The molecule has 2 atom stereocenters. The largest absolute Gasteiger partial charge is 0.348 e. The van der Waals surface area contributed by atoms with E-state index in [1.165, 1.54) is 6.92 Å². The Hall–Kier alpha value is -2.48. The van der Waals surface area contributed by atoms with E-state index in [1.807, 2.05) is 32.0 Å². The number of anilines is 1. The molecule has 0 aliphatic carbocycles. The Kier molecular flexibility index (Phi) is 6.44. The summed E-state index contributed by atoms with van der Waals surface area (Å²) >= 11 is 0. The van der Waals surface area contributed by atoms with Gasteiger partial charge < -0.3 is 5.32 Å². The third kappa shape index (κ3) is 4.86. The second-order valence-corrected chi connectivity index (χ2v) is 8.78. The second-order valence-electron chi connectivity index (χ2n) is 6.92. The monoisotopic (exact) mass is 410 g/mol. The van der Waals surface area contributed by atoms with Gasteiger partial charge in [-0.25, -0.2) is 17.2 Å². The summed E-state index contributed by atoms with van der Waals surface area (Å²) in [5, 5.41) is 2.79. The van der Waals surface area contributed by atoms with Gasteiger partial charge in [0.15, 0.2) is 11.6 Å². The maximum Gasteiger partial charge on any atom is 0.244 e. The van der Waals surface area contributed by atoms with E-state index < -0.39 is 33.6 Å². The van der Waals surface area contributed by atoms with Gasteiger partial charge in [0.05, 0.1) is 18.0 Å². The highest BCUT2D eigenvalue weighted by Gasteiger charge is 2.30. The fourth-order valence-electron chi connectivity index (χ4n) is 3.15. The number of benzene rings is 2. The molecular formula is C20H24F2N2O3S. The van der Waals surface area contributed by atoms with Gasteiger partial charge >= 0.3 is 0 Å². The van der Waals surface area contributed by atoms with Crippen LogP contribution in [0.3, 0.4) is 0 Å². The van der Waals surface area contributed by atoms with Crippen molar-refractivity contribution >= 4 is 21.6 Å². The number of halogens is 2. The molecule has 0 aromatic heterocycles. The number of nitrogens with one attached hydrogen (secondary N) is 1. The molecule has 0 heterocycles. The maximum absolute atomic E-state index is 13.6. The van der Waals surface area contributed by atoms with Crippen LogP contribution in [-0.2, 0) is 14.8 Å². The van der Waals surface area contributed by atoms with Gasteiger partial charge in [-0.3, -0.25) is 9.10 Å². The van der Waals surface area contributed by atoms with E-state index in [0.717, 1.165) is 45.5 Å². The predicted octanol–water partition coefficient (Wildman–Crippen LogP) is 3.61. The van der Waals surface area contributed by atoms with Crippen LogP contribution in [0.15, 0.2) is 36.4 Å². The molecule has 0 aliphatic rings. The van der Waals surface area contributed by atoms with Gasteiger partial charge in [0.2, 0.25) is 15.9 Å². The fraction of sp³-hybridized carbons (Fsp3) is 0.350. The zero-order chi connectivity index (χ0) is 21.2. The number of hydrogen-bond donors (Lipinski definition) is 1. The van der Waals surface area contributed by atoms with Crippen LogP contribution in [0.1, 0.15) is 36.6 Å². The molecule has 2 rings (SSSR count). The van der Waals surface area contributed by atoms with Crippen LogP contribution in [0.2, 0.25) is 0 Å². The van der Waals surface area contributed by atoms with E-state index in [2.05, 4.69) is 5.32 Å². The molecule has 1 N–H and O–H groups in total. The van der Waals surface area contributed by atoms with E-state index >= 15 is 0 Å². The molecule has 2 aromatic carbocycles. The normalized spacial score (nSPS) is 13.7. The number of rotatable bonds is 6. The van der Waals surface area contributed by atoms with E-state index in [0.29, 0.717) is 0 Å². The Morgan fingerprint density at radius 1 is 1.04 bits per heavy atom. The summed E-state index contributed by atoms with van der Waals surface area (Å²) in [5.41, 5.74) is 2.88. The third-order valence-corrected chi connectivity index (χ3v) is 5.74. The molecule has 0 saturated carbocycles. The van der Waals surface area contributed by atoms with Crippen LogP contribution in [0, 0.1) is 25.5 Å². The minimum Gasteiger partial charge on any atom is -0.348 e. The standard InChI is InChI=1S/C20H24F2N2O3S/c1-12-6-8-17(13(2)10-12)14(3)23-20(25)15(4)24(28(5,26)27)16-7-9-18(21)19(22)11-16/h6-11,14-15H,1-5H3,(H,23,25)/t14-,15+/m0/s1. The molecule has 8 heteroatoms. The van der Waals surface area contributed by atoms with Gasteiger partial charge in [0.1, 0.15) is 6.04 Å². The minimum absolute atomic E-state index is 0.122. The molecule has 1 amide bonds. The number of carbonyl (C=O) groups is 1. The molecule has 0 aliphatic heterocycles. The summed E-state index contributed by atoms with van der Waals surface area (Å²) in [7, 11) is -3.92. The second kappa shape index (κ2) is 8.26. The number of nitrogens with zero attached hydrogens (tertiary/aromatic N) is 1. The molecule has 0 fully saturated rings. The SMILES string of the molecule is Cc1ccc([C@H](C)NC(=O)[C@@H](C)N(c2ccc(F)c(F)c2)S(C)(=O)=O)c(C)c1. The summed E-state index contributed by atoms with van der Waals surface area (Å²) in [4.78, 5) is 12.7. The van der Waals surface area contributed by atoms with Crippen LogP contribution in [-0.4, -0.2) is 26.6 Å². The lowest BCUT2D eigenvalue weighted by Gasteiger charge is -2.29. The number of sulfonamides is 1. The van der Waals surface area contributed by atoms with Gasteiger partial charge in [-0.2, -0.15) is 0 Å². The molecule has 5 nitrogen and oxygen atoms in total. The quantitative estimate of drug-likeness (QED) is 0.791. The Balaban J connectivity index is 2.29. The highest BCUT2D eigenvalue weighted by molar-refractivity contribution is 7.92. The van der Waals surface area contributed by atoms with Gasteiger partial charge in [-0.1, -0.05) is 23.8 Å². The van der Waals surface area contributed by atoms with Gasteiger partial charge in [-0.05, 0) is 51.0 Å². The van der Waals surface area contributed by atoms with Gasteiger partial charge in [-0.15, -0.1) is 0 Å². The summed E-state index contributed by atoms with van der Waals surface area (Å²) in [6, 6.07) is 7.01. The van der Waals surface area contributed by atoms with E-state index in [4.69, 9.17) is 0 Å². The Morgan fingerprint density at radius 2 is 1.68 bits per heavy atom. The van der Waals surface area contributed by atoms with Crippen molar-refractivity contribution in [3.05, 3.63) is 64.7 Å². The Bertz CT molecular complexity index is 993. The molecule has 0 bridgehead atoms. The molecular weight excluding hydrogens is 386 g/mol. The molecule has 0 radical (unpaired) electrons. The third-order valence-electron chi connectivity index (χ3n) is 4.50. The fourth-order valence-corrected chi connectivity index (χ4v) is 4.32. The predicted molar refractivity (Wildman–Crippen MR) is 106 cm³/mol. The first-order valence-electron chi connectivity index (χ1n) is 8.73. The average molecular weight is 410 g/mol. The molecule has 28 heavy (non-hydrogen) atoms. The first-order valence-corrected chi connectivity index (χ1v) is 10.6. The lowest BCUT2D eigenvalue weighted by molar-refractivity contribution is -0.122. The summed E-state index contributed by atoms with van der Waals surface area (Å²) in [6.07, 6.45) is 0.908. The smallest absolute Gasteiger partial charge is 0.244 e. The summed E-state index contributed by atoms with van der Waals surface area (Å²) in [6.45, 7) is 7.09. The van der Waals surface area contributed by atoms with E-state index in [9.17, 15) is 22.0 Å². The van der Waals surface area contributed by atoms with Crippen LogP contribution >= 0.6 is 0 Å². The number of hydrogen-bond acceptors (Lipinski definition) is 3. The van der Waals surface area contributed by atoms with Crippen molar-refractivity contribution in [2.75, 3.05) is 10.6 Å². The van der Waals surface area contributed by atoms with E-state index in [-0.39, 0.29) is 11.7 Å². The Morgan fingerprint density at radius 3 is 2.21 bits per heavy atom. The average Bonchev–Trinajstić information content (AvgIpc) is 2.56. The van der Waals surface area contributed by atoms with Crippen LogP contribution < -0.4 is 9.62 Å². The summed E-state index contributed by atoms with van der Waals surface area (Å²) in [5.74, 6) is -2.84. The summed E-state index contributed by atoms with van der Waals surface area (Å²) < 4.78 is 52.1. The first kappa shape index (κ1) is 21.8. The van der Waals surface area contributed by atoms with Crippen molar-refractivity contribution in [1.82, 2.24) is 5.32 Å². The van der Waals surface area contributed by atoms with Crippen LogP contribution in [0.5, 0.6) is 0 Å². The van der Waals surface area contributed by atoms with Crippen molar-refractivity contribution in [3.63, 3.8) is 0 Å². The zero-order valence-corrected chi connectivity index (χ0v) is 17.3. The van der Waals surface area contributed by atoms with Crippen molar-refractivity contribution < 1.29 is 22.0 Å². The number of aryl methyl sites for hydroxylation is 2. The highest BCUT2D eigenvalue weighted by Crippen LogP contribution is 2.24. The Labute approximate surface area is 164 Å². The molecule has 0 saturated heterocycles. The minimum atomic E-state index is -3.92. The molecule has 2 aromatic rings. The van der Waals surface area contributed by atoms with Crippen LogP contribution in [0.4, 0.5) is 14.5 Å². The maximum atomic E-state index is 13.6. The topological polar surface area (TPSA) is 66.5 Å². The zero-order valence-electron chi connectivity index (χ0n) is 16.5. The lowest BCUT2D eigenvalue weighted by atomic mass is 10.00. The number of amides is 1. The van der Waals surface area contributed by atoms with Gasteiger partial charge in [0.25, 0.3) is 0 Å².